The van der Waals surface area contributed by atoms with E-state index in [-0.39, 0.29) is 0 Å². The van der Waals surface area contributed by atoms with Gasteiger partial charge in [-0.25, -0.2) is 0 Å². The lowest BCUT2D eigenvalue weighted by Crippen LogP contribution is -1.94. The molecule has 0 spiro atoms. The van der Waals surface area contributed by atoms with Crippen LogP contribution in [0.15, 0.2) is 49.3 Å². The molecule has 2 heterocycles. The van der Waals surface area contributed by atoms with Crippen molar-refractivity contribution in [1.29, 1.82) is 0 Å². The second-order valence-corrected chi connectivity index (χ2v) is 4.18. The Morgan fingerprint density at radius 3 is 2.45 bits per heavy atom. The molecular weight excluding hydrogens is 270 g/mol. The molecular formula is C19H25N3. The lowest BCUT2D eigenvalue weighted by molar-refractivity contribution is 1.11. The molecule has 0 unspecified atom stereocenters. The smallest absolute Gasteiger partial charge is 0.168 e. The molecule has 0 atom stereocenters. The van der Waals surface area contributed by atoms with Gasteiger partial charge in [0.2, 0.25) is 0 Å². The summed E-state index contributed by atoms with van der Waals surface area (Å²) in [6.45, 7) is 13.8. The molecule has 3 nitrogen and oxygen atoms in total. The van der Waals surface area contributed by atoms with E-state index in [1.807, 2.05) is 56.4 Å². The van der Waals surface area contributed by atoms with E-state index >= 15 is 0 Å². The molecule has 3 heteroatoms. The van der Waals surface area contributed by atoms with E-state index in [4.69, 9.17) is 0 Å². The molecule has 0 aliphatic heterocycles. The minimum Gasteiger partial charge on any atom is -0.281 e. The van der Waals surface area contributed by atoms with Crippen LogP contribution in [0.1, 0.15) is 38.8 Å². The number of hydrogen-bond acceptors (Lipinski definition) is 2. The molecule has 0 fully saturated rings. The highest BCUT2D eigenvalue weighted by Gasteiger charge is 2.10. The van der Waals surface area contributed by atoms with Crippen molar-refractivity contribution >= 4 is 22.6 Å². The quantitative estimate of drug-likeness (QED) is 0.589. The number of allylic oxidation sites excluding steroid dienone is 2. The standard InChI is InChI=1S/C15H13N3.2C2H6/c1-3-4-7-13-11(2)12-8-5-6-9-14(12)18-10-16-17-15(13)18;2*1-2/h3-10H,1H2,2H3;2*1-2H3/b7-4-;;. The van der Waals surface area contributed by atoms with Gasteiger partial charge in [-0.2, -0.15) is 0 Å². The molecule has 0 bridgehead atoms. The van der Waals surface area contributed by atoms with Crippen LogP contribution in [0.3, 0.4) is 0 Å². The van der Waals surface area contributed by atoms with Gasteiger partial charge in [-0.05, 0) is 18.6 Å². The van der Waals surface area contributed by atoms with Crippen LogP contribution in [0.5, 0.6) is 0 Å². The van der Waals surface area contributed by atoms with Gasteiger partial charge < -0.3 is 0 Å². The first kappa shape index (κ1) is 17.6. The topological polar surface area (TPSA) is 30.2 Å². The largest absolute Gasteiger partial charge is 0.281 e. The number of aromatic nitrogens is 3. The lowest BCUT2D eigenvalue weighted by Gasteiger charge is -2.09. The molecule has 3 aromatic rings. The second-order valence-electron chi connectivity index (χ2n) is 4.18. The Labute approximate surface area is 133 Å². The summed E-state index contributed by atoms with van der Waals surface area (Å²) >= 11 is 0. The van der Waals surface area contributed by atoms with Gasteiger partial charge >= 0.3 is 0 Å². The first-order valence-corrected chi connectivity index (χ1v) is 7.83. The molecule has 1 aromatic carbocycles. The van der Waals surface area contributed by atoms with E-state index in [2.05, 4.69) is 35.8 Å². The molecule has 0 aliphatic carbocycles. The number of nitrogens with zero attached hydrogens (tertiary/aromatic N) is 3. The van der Waals surface area contributed by atoms with E-state index in [1.54, 1.807) is 12.4 Å². The van der Waals surface area contributed by atoms with Gasteiger partial charge in [0, 0.05) is 10.9 Å². The first-order chi connectivity index (χ1) is 10.8. The van der Waals surface area contributed by atoms with Crippen molar-refractivity contribution in [3.8, 4) is 0 Å². The maximum atomic E-state index is 4.21. The average molecular weight is 295 g/mol. The summed E-state index contributed by atoms with van der Waals surface area (Å²) in [6, 6.07) is 8.28. The van der Waals surface area contributed by atoms with Crippen LogP contribution in [0.4, 0.5) is 0 Å². The van der Waals surface area contributed by atoms with Crippen molar-refractivity contribution in [3.05, 3.63) is 60.5 Å². The predicted octanol–water partition coefficient (Wildman–Crippen LogP) is 5.44. The Morgan fingerprint density at radius 2 is 1.77 bits per heavy atom. The van der Waals surface area contributed by atoms with Gasteiger partial charge in [0.05, 0.1) is 5.52 Å². The number of para-hydroxylation sites is 1. The molecule has 3 rings (SSSR count). The normalized spacial score (nSPS) is 10.0. The third kappa shape index (κ3) is 3.25. The van der Waals surface area contributed by atoms with E-state index < -0.39 is 0 Å². The Morgan fingerprint density at radius 1 is 1.09 bits per heavy atom. The third-order valence-electron chi connectivity index (χ3n) is 3.16. The fraction of sp³-hybridized carbons (Fsp3) is 0.263. The zero-order chi connectivity index (χ0) is 16.5. The van der Waals surface area contributed by atoms with Gasteiger partial charge in [0.25, 0.3) is 0 Å². The van der Waals surface area contributed by atoms with Gasteiger partial charge in [0.15, 0.2) is 5.65 Å². The van der Waals surface area contributed by atoms with Gasteiger partial charge in [-0.15, -0.1) is 10.2 Å². The highest BCUT2D eigenvalue weighted by atomic mass is 15.2. The third-order valence-corrected chi connectivity index (χ3v) is 3.16. The minimum absolute atomic E-state index is 0.879. The summed E-state index contributed by atoms with van der Waals surface area (Å²) < 4.78 is 2.02. The monoisotopic (exact) mass is 295 g/mol. The Bertz CT molecular complexity index is 767. The van der Waals surface area contributed by atoms with Gasteiger partial charge in [-0.1, -0.05) is 70.7 Å². The zero-order valence-electron chi connectivity index (χ0n) is 14.2. The Hall–Kier alpha value is -2.42. The van der Waals surface area contributed by atoms with E-state index in [0.29, 0.717) is 0 Å². The number of aryl methyl sites for hydroxylation is 1. The molecule has 0 saturated heterocycles. The Kier molecular flexibility index (Phi) is 7.03. The number of fused-ring (bicyclic) bond motifs is 3. The summed E-state index contributed by atoms with van der Waals surface area (Å²) in [5, 5.41) is 9.44. The summed E-state index contributed by atoms with van der Waals surface area (Å²) in [7, 11) is 0. The maximum absolute atomic E-state index is 4.21. The first-order valence-electron chi connectivity index (χ1n) is 7.83. The van der Waals surface area contributed by atoms with Gasteiger partial charge in [0.1, 0.15) is 6.33 Å². The van der Waals surface area contributed by atoms with E-state index in [9.17, 15) is 0 Å². The molecule has 2 aromatic heterocycles. The summed E-state index contributed by atoms with van der Waals surface area (Å²) in [5.41, 5.74) is 4.31. The highest BCUT2D eigenvalue weighted by Crippen LogP contribution is 2.25. The van der Waals surface area contributed by atoms with E-state index in [1.165, 1.54) is 10.9 Å². The van der Waals surface area contributed by atoms with Crippen molar-refractivity contribution in [1.82, 2.24) is 14.6 Å². The van der Waals surface area contributed by atoms with Crippen LogP contribution in [-0.4, -0.2) is 14.6 Å². The molecule has 116 valence electrons. The van der Waals surface area contributed by atoms with Gasteiger partial charge in [-0.3, -0.25) is 4.40 Å². The Balaban J connectivity index is 0.000000561. The molecule has 0 amide bonds. The molecule has 0 saturated carbocycles. The van der Waals surface area contributed by atoms with E-state index in [0.717, 1.165) is 16.7 Å². The fourth-order valence-corrected chi connectivity index (χ4v) is 2.27. The van der Waals surface area contributed by atoms with Crippen LogP contribution < -0.4 is 0 Å². The van der Waals surface area contributed by atoms with Crippen LogP contribution in [0.2, 0.25) is 0 Å². The number of hydrogen-bond donors (Lipinski definition) is 0. The molecule has 0 radical (unpaired) electrons. The molecule has 0 aliphatic rings. The van der Waals surface area contributed by atoms with Crippen molar-refractivity contribution in [2.75, 3.05) is 0 Å². The van der Waals surface area contributed by atoms with Crippen molar-refractivity contribution in [3.63, 3.8) is 0 Å². The minimum atomic E-state index is 0.879. The fourth-order valence-electron chi connectivity index (χ4n) is 2.27. The summed E-state index contributed by atoms with van der Waals surface area (Å²) in [5.74, 6) is 0. The van der Waals surface area contributed by atoms with Crippen LogP contribution in [0, 0.1) is 6.92 Å². The predicted molar refractivity (Wildman–Crippen MR) is 97.2 cm³/mol. The van der Waals surface area contributed by atoms with Crippen molar-refractivity contribution in [2.45, 2.75) is 34.6 Å². The summed E-state index contributed by atoms with van der Waals surface area (Å²) in [6.07, 6.45) is 7.47. The summed E-state index contributed by atoms with van der Waals surface area (Å²) in [4.78, 5) is 0. The lowest BCUT2D eigenvalue weighted by atomic mass is 10.0. The van der Waals surface area contributed by atoms with Crippen LogP contribution >= 0.6 is 0 Å². The molecule has 0 N–H and O–H groups in total. The number of pyridine rings is 1. The van der Waals surface area contributed by atoms with Crippen molar-refractivity contribution in [2.24, 2.45) is 0 Å². The number of rotatable bonds is 2. The molecule has 22 heavy (non-hydrogen) atoms. The van der Waals surface area contributed by atoms with Crippen molar-refractivity contribution < 1.29 is 0 Å². The average Bonchev–Trinajstić information content (AvgIpc) is 3.08. The maximum Gasteiger partial charge on any atom is 0.168 e. The van der Waals surface area contributed by atoms with Crippen LogP contribution in [-0.2, 0) is 0 Å². The second kappa shape index (κ2) is 8.78. The zero-order valence-corrected chi connectivity index (χ0v) is 14.2. The SMILES string of the molecule is C=C/C=C\c1c(C)c2ccccc2n2cnnc12.CC.CC. The highest BCUT2D eigenvalue weighted by molar-refractivity contribution is 5.90. The van der Waals surface area contributed by atoms with Crippen LogP contribution in [0.25, 0.3) is 22.6 Å². The number of benzene rings is 1.